The first-order valence-corrected chi connectivity index (χ1v) is 9.93. The zero-order chi connectivity index (χ0) is 20.1. The molecule has 0 radical (unpaired) electrons. The fourth-order valence-electron chi connectivity index (χ4n) is 3.83. The summed E-state index contributed by atoms with van der Waals surface area (Å²) < 4.78 is 6.91. The lowest BCUT2D eigenvalue weighted by Crippen LogP contribution is -2.25. The SMILES string of the molecule is N#CCOc1ccccc1C=Nn1c(C2CCCCC2)nc2ccccc2c1=O. The van der Waals surface area contributed by atoms with E-state index in [1.54, 1.807) is 18.3 Å². The summed E-state index contributed by atoms with van der Waals surface area (Å²) in [5, 5.41) is 13.9. The molecular weight excluding hydrogens is 364 g/mol. The van der Waals surface area contributed by atoms with Gasteiger partial charge in [0.05, 0.1) is 17.1 Å². The van der Waals surface area contributed by atoms with Crippen molar-refractivity contribution in [3.8, 4) is 11.8 Å². The number of benzene rings is 2. The molecule has 0 unspecified atom stereocenters. The van der Waals surface area contributed by atoms with Crippen LogP contribution in [0.15, 0.2) is 58.4 Å². The molecule has 0 saturated heterocycles. The van der Waals surface area contributed by atoms with Crippen molar-refractivity contribution in [2.24, 2.45) is 5.10 Å². The van der Waals surface area contributed by atoms with Crippen molar-refractivity contribution in [2.75, 3.05) is 6.61 Å². The highest BCUT2D eigenvalue weighted by atomic mass is 16.5. The van der Waals surface area contributed by atoms with Gasteiger partial charge < -0.3 is 4.74 Å². The summed E-state index contributed by atoms with van der Waals surface area (Å²) in [6, 6.07) is 16.7. The van der Waals surface area contributed by atoms with Crippen molar-refractivity contribution in [2.45, 2.75) is 38.0 Å². The first-order chi connectivity index (χ1) is 14.3. The van der Waals surface area contributed by atoms with Gasteiger partial charge in [0, 0.05) is 11.5 Å². The van der Waals surface area contributed by atoms with E-state index >= 15 is 0 Å². The molecule has 0 bridgehead atoms. The highest BCUT2D eigenvalue weighted by molar-refractivity contribution is 5.83. The van der Waals surface area contributed by atoms with Gasteiger partial charge in [0.15, 0.2) is 6.61 Å². The number of fused-ring (bicyclic) bond motifs is 1. The number of nitrogens with zero attached hydrogens (tertiary/aromatic N) is 4. The van der Waals surface area contributed by atoms with Gasteiger partial charge in [-0.1, -0.05) is 43.5 Å². The van der Waals surface area contributed by atoms with Crippen molar-refractivity contribution < 1.29 is 4.74 Å². The van der Waals surface area contributed by atoms with Crippen molar-refractivity contribution in [3.05, 3.63) is 70.3 Å². The molecule has 2 aromatic carbocycles. The molecule has 6 nitrogen and oxygen atoms in total. The summed E-state index contributed by atoms with van der Waals surface area (Å²) in [7, 11) is 0. The Morgan fingerprint density at radius 1 is 1.14 bits per heavy atom. The maximum absolute atomic E-state index is 13.2. The fraction of sp³-hybridized carbons (Fsp3) is 0.304. The van der Waals surface area contributed by atoms with Crippen LogP contribution in [0.5, 0.6) is 5.75 Å². The molecule has 0 atom stereocenters. The van der Waals surface area contributed by atoms with E-state index in [1.165, 1.54) is 11.1 Å². The summed E-state index contributed by atoms with van der Waals surface area (Å²) in [4.78, 5) is 18.0. The molecule has 29 heavy (non-hydrogen) atoms. The van der Waals surface area contributed by atoms with Crippen molar-refractivity contribution >= 4 is 17.1 Å². The van der Waals surface area contributed by atoms with E-state index in [9.17, 15) is 4.79 Å². The van der Waals surface area contributed by atoms with Gasteiger partial charge in [0.1, 0.15) is 17.6 Å². The van der Waals surface area contributed by atoms with Gasteiger partial charge in [0.25, 0.3) is 5.56 Å². The van der Waals surface area contributed by atoms with Crippen LogP contribution in [-0.2, 0) is 0 Å². The van der Waals surface area contributed by atoms with Crippen LogP contribution in [0.3, 0.4) is 0 Å². The van der Waals surface area contributed by atoms with E-state index in [4.69, 9.17) is 15.0 Å². The Morgan fingerprint density at radius 2 is 1.90 bits per heavy atom. The molecule has 4 rings (SSSR count). The third-order valence-electron chi connectivity index (χ3n) is 5.27. The van der Waals surface area contributed by atoms with E-state index in [0.717, 1.165) is 31.5 Å². The molecule has 1 heterocycles. The number of aromatic nitrogens is 2. The van der Waals surface area contributed by atoms with Crippen LogP contribution in [0.25, 0.3) is 10.9 Å². The zero-order valence-corrected chi connectivity index (χ0v) is 16.1. The summed E-state index contributed by atoms with van der Waals surface area (Å²) in [6.07, 6.45) is 7.15. The summed E-state index contributed by atoms with van der Waals surface area (Å²) >= 11 is 0. The maximum Gasteiger partial charge on any atom is 0.282 e. The lowest BCUT2D eigenvalue weighted by Gasteiger charge is -2.22. The smallest absolute Gasteiger partial charge is 0.282 e. The number of ether oxygens (including phenoxy) is 1. The number of rotatable bonds is 5. The lowest BCUT2D eigenvalue weighted by molar-refractivity contribution is 0.367. The summed E-state index contributed by atoms with van der Waals surface area (Å²) in [5.41, 5.74) is 1.25. The Morgan fingerprint density at radius 3 is 2.72 bits per heavy atom. The Balaban J connectivity index is 1.80. The molecule has 0 N–H and O–H groups in total. The highest BCUT2D eigenvalue weighted by Crippen LogP contribution is 2.31. The zero-order valence-electron chi connectivity index (χ0n) is 16.1. The van der Waals surface area contributed by atoms with Crippen LogP contribution in [0.2, 0.25) is 0 Å². The quantitative estimate of drug-likeness (QED) is 0.615. The minimum atomic E-state index is -0.164. The van der Waals surface area contributed by atoms with Gasteiger partial charge in [-0.25, -0.2) is 4.98 Å². The van der Waals surface area contributed by atoms with Gasteiger partial charge in [-0.2, -0.15) is 15.0 Å². The van der Waals surface area contributed by atoms with Crippen LogP contribution in [-0.4, -0.2) is 22.5 Å². The minimum Gasteiger partial charge on any atom is -0.478 e. The fourth-order valence-corrected chi connectivity index (χ4v) is 3.83. The third-order valence-corrected chi connectivity index (χ3v) is 5.27. The largest absolute Gasteiger partial charge is 0.478 e. The maximum atomic E-state index is 13.2. The average molecular weight is 386 g/mol. The van der Waals surface area contributed by atoms with Gasteiger partial charge in [-0.05, 0) is 37.1 Å². The molecule has 1 saturated carbocycles. The first-order valence-electron chi connectivity index (χ1n) is 9.93. The van der Waals surface area contributed by atoms with Crippen LogP contribution in [0, 0.1) is 11.3 Å². The van der Waals surface area contributed by atoms with Crippen molar-refractivity contribution in [1.82, 2.24) is 9.66 Å². The number of para-hydroxylation sites is 2. The molecule has 1 aromatic heterocycles. The molecule has 146 valence electrons. The Hall–Kier alpha value is -3.46. The minimum absolute atomic E-state index is 0.0460. The van der Waals surface area contributed by atoms with E-state index in [-0.39, 0.29) is 18.1 Å². The third kappa shape index (κ3) is 4.04. The first kappa shape index (κ1) is 18.9. The van der Waals surface area contributed by atoms with Gasteiger partial charge in [0.2, 0.25) is 0 Å². The molecule has 6 heteroatoms. The normalized spacial score (nSPS) is 14.9. The summed E-state index contributed by atoms with van der Waals surface area (Å²) in [5.74, 6) is 1.50. The monoisotopic (exact) mass is 386 g/mol. The van der Waals surface area contributed by atoms with Crippen LogP contribution in [0.1, 0.15) is 49.4 Å². The van der Waals surface area contributed by atoms with Gasteiger partial charge >= 0.3 is 0 Å². The predicted octanol–water partition coefficient (Wildman–Crippen LogP) is 4.23. The topological polar surface area (TPSA) is 80.3 Å². The van der Waals surface area contributed by atoms with E-state index < -0.39 is 0 Å². The Labute approximate surface area is 169 Å². The standard InChI is InChI=1S/C23H22N4O2/c24-14-15-29-21-13-7-4-10-18(21)16-25-27-22(17-8-2-1-3-9-17)26-20-12-6-5-11-19(20)23(27)28/h4-7,10-13,16-17H,1-3,8-9,15H2. The lowest BCUT2D eigenvalue weighted by atomic mass is 9.88. The molecule has 1 aliphatic rings. The van der Waals surface area contributed by atoms with Gasteiger partial charge in [-0.3, -0.25) is 4.79 Å². The van der Waals surface area contributed by atoms with Gasteiger partial charge in [-0.15, -0.1) is 0 Å². The van der Waals surface area contributed by atoms with Crippen LogP contribution in [0.4, 0.5) is 0 Å². The van der Waals surface area contributed by atoms with Crippen molar-refractivity contribution in [3.63, 3.8) is 0 Å². The second-order valence-electron chi connectivity index (χ2n) is 7.17. The number of nitriles is 1. The highest BCUT2D eigenvalue weighted by Gasteiger charge is 2.22. The van der Waals surface area contributed by atoms with Crippen LogP contribution < -0.4 is 10.3 Å². The number of hydrogen-bond donors (Lipinski definition) is 0. The molecule has 3 aromatic rings. The average Bonchev–Trinajstić information content (AvgIpc) is 2.78. The van der Waals surface area contributed by atoms with Crippen molar-refractivity contribution in [1.29, 1.82) is 5.26 Å². The Kier molecular flexibility index (Phi) is 5.66. The molecule has 0 amide bonds. The second kappa shape index (κ2) is 8.70. The van der Waals surface area contributed by atoms with Crippen LogP contribution >= 0.6 is 0 Å². The number of hydrogen-bond acceptors (Lipinski definition) is 5. The molecule has 1 aliphatic carbocycles. The molecular formula is C23H22N4O2. The Bertz CT molecular complexity index is 1140. The van der Waals surface area contributed by atoms with E-state index in [0.29, 0.717) is 22.2 Å². The van der Waals surface area contributed by atoms with E-state index in [2.05, 4.69) is 5.10 Å². The molecule has 0 aliphatic heterocycles. The molecule has 1 fully saturated rings. The van der Waals surface area contributed by atoms with E-state index in [1.807, 2.05) is 42.5 Å². The predicted molar refractivity (Wildman–Crippen MR) is 112 cm³/mol. The second-order valence-corrected chi connectivity index (χ2v) is 7.17. The summed E-state index contributed by atoms with van der Waals surface area (Å²) in [6.45, 7) is -0.0460. The molecule has 0 spiro atoms.